The molecule has 0 unspecified atom stereocenters. The summed E-state index contributed by atoms with van der Waals surface area (Å²) in [5.74, 6) is -1.19. The second kappa shape index (κ2) is 6.09. The lowest BCUT2D eigenvalue weighted by Gasteiger charge is -2.31. The van der Waals surface area contributed by atoms with E-state index in [0.29, 0.717) is 6.54 Å². The van der Waals surface area contributed by atoms with Crippen molar-refractivity contribution in [3.63, 3.8) is 0 Å². The van der Waals surface area contributed by atoms with Gasteiger partial charge in [-0.05, 0) is 48.2 Å². The fourth-order valence-electron chi connectivity index (χ4n) is 3.58. The van der Waals surface area contributed by atoms with Crippen LogP contribution in [0.4, 0.5) is 5.69 Å². The zero-order valence-electron chi connectivity index (χ0n) is 13.7. The molecule has 0 saturated heterocycles. The second-order valence-electron chi connectivity index (χ2n) is 6.30. The molecule has 3 heterocycles. The van der Waals surface area contributed by atoms with Gasteiger partial charge in [-0.15, -0.1) is 0 Å². The number of aryl methyl sites for hydroxylation is 1. The highest BCUT2D eigenvalue weighted by Crippen LogP contribution is 2.28. The number of nitrogens with zero attached hydrogens (tertiary/aromatic N) is 2. The average molecular weight is 334 g/mol. The van der Waals surface area contributed by atoms with Crippen LogP contribution in [-0.2, 0) is 13.0 Å². The summed E-state index contributed by atoms with van der Waals surface area (Å²) in [5, 5.41) is 9.39. The summed E-state index contributed by atoms with van der Waals surface area (Å²) in [6.45, 7) is 1.49. The van der Waals surface area contributed by atoms with E-state index in [1.54, 1.807) is 12.3 Å². The summed E-state index contributed by atoms with van der Waals surface area (Å²) in [4.78, 5) is 26.1. The third-order valence-electron chi connectivity index (χ3n) is 4.75. The minimum atomic E-state index is -1.19. The SMILES string of the molecule is O=C(O)c1cc(CN2CCCc3ccccc32)c2ccccn2c1=O. The van der Waals surface area contributed by atoms with E-state index in [9.17, 15) is 14.7 Å². The minimum Gasteiger partial charge on any atom is -0.477 e. The van der Waals surface area contributed by atoms with E-state index >= 15 is 0 Å². The standard InChI is InChI=1S/C20H18N2O3/c23-19-16(20(24)25)12-15(18-9-3-4-11-22(18)19)13-21-10-5-7-14-6-1-2-8-17(14)21/h1-4,6,8-9,11-12H,5,7,10,13H2,(H,24,25). The molecule has 0 radical (unpaired) electrons. The summed E-state index contributed by atoms with van der Waals surface area (Å²) in [6, 6.07) is 15.3. The molecule has 4 rings (SSSR count). The highest BCUT2D eigenvalue weighted by atomic mass is 16.4. The molecule has 1 N–H and O–H groups in total. The molecular formula is C20H18N2O3. The van der Waals surface area contributed by atoms with E-state index in [-0.39, 0.29) is 5.56 Å². The van der Waals surface area contributed by atoms with Crippen molar-refractivity contribution in [3.8, 4) is 0 Å². The Bertz CT molecular complexity index is 1020. The van der Waals surface area contributed by atoms with Crippen LogP contribution in [0.25, 0.3) is 5.52 Å². The Balaban J connectivity index is 1.84. The molecule has 25 heavy (non-hydrogen) atoms. The van der Waals surface area contributed by atoms with Gasteiger partial charge in [0.05, 0.1) is 5.52 Å². The van der Waals surface area contributed by atoms with Crippen molar-refractivity contribution in [3.05, 3.63) is 81.8 Å². The summed E-state index contributed by atoms with van der Waals surface area (Å²) in [7, 11) is 0. The lowest BCUT2D eigenvalue weighted by atomic mass is 10.0. The largest absolute Gasteiger partial charge is 0.477 e. The number of aromatic nitrogens is 1. The van der Waals surface area contributed by atoms with Crippen LogP contribution >= 0.6 is 0 Å². The molecule has 1 aliphatic rings. The van der Waals surface area contributed by atoms with E-state index < -0.39 is 11.5 Å². The molecule has 0 aliphatic carbocycles. The van der Waals surface area contributed by atoms with Gasteiger partial charge >= 0.3 is 5.97 Å². The molecule has 0 saturated carbocycles. The topological polar surface area (TPSA) is 62.0 Å². The summed E-state index contributed by atoms with van der Waals surface area (Å²) in [6.07, 6.45) is 3.74. The molecule has 2 aromatic heterocycles. The summed E-state index contributed by atoms with van der Waals surface area (Å²) in [5.41, 5.74) is 3.40. The van der Waals surface area contributed by atoms with Gasteiger partial charge < -0.3 is 10.0 Å². The molecule has 1 aromatic carbocycles. The van der Waals surface area contributed by atoms with Gasteiger partial charge in [0.1, 0.15) is 5.56 Å². The maximum atomic E-state index is 12.4. The van der Waals surface area contributed by atoms with E-state index in [1.807, 2.05) is 24.3 Å². The molecule has 0 amide bonds. The Morgan fingerprint density at radius 3 is 2.76 bits per heavy atom. The molecule has 5 nitrogen and oxygen atoms in total. The Kier molecular flexibility index (Phi) is 3.76. The predicted molar refractivity (Wildman–Crippen MR) is 96.4 cm³/mol. The molecule has 3 aromatic rings. The van der Waals surface area contributed by atoms with Crippen LogP contribution in [0.2, 0.25) is 0 Å². The number of hydrogen-bond acceptors (Lipinski definition) is 3. The normalized spacial score (nSPS) is 13.7. The monoisotopic (exact) mass is 334 g/mol. The number of fused-ring (bicyclic) bond motifs is 2. The first kappa shape index (κ1) is 15.4. The molecule has 0 spiro atoms. The van der Waals surface area contributed by atoms with Crippen molar-refractivity contribution >= 4 is 17.2 Å². The van der Waals surface area contributed by atoms with Crippen LogP contribution in [0.15, 0.2) is 59.5 Å². The number of carboxylic acids is 1. The number of rotatable bonds is 3. The van der Waals surface area contributed by atoms with Gasteiger partial charge in [-0.1, -0.05) is 24.3 Å². The number of hydrogen-bond donors (Lipinski definition) is 1. The first-order valence-corrected chi connectivity index (χ1v) is 8.34. The zero-order chi connectivity index (χ0) is 17.4. The van der Waals surface area contributed by atoms with E-state index in [4.69, 9.17) is 0 Å². The third kappa shape index (κ3) is 2.67. The number of para-hydroxylation sites is 1. The number of carboxylic acid groups (broad SMARTS) is 1. The van der Waals surface area contributed by atoms with E-state index in [0.717, 1.165) is 30.5 Å². The van der Waals surface area contributed by atoms with Crippen molar-refractivity contribution in [2.75, 3.05) is 11.4 Å². The minimum absolute atomic E-state index is 0.191. The number of pyridine rings is 2. The van der Waals surface area contributed by atoms with Gasteiger partial charge in [0.2, 0.25) is 0 Å². The molecular weight excluding hydrogens is 316 g/mol. The van der Waals surface area contributed by atoms with Crippen molar-refractivity contribution in [1.82, 2.24) is 4.40 Å². The fourth-order valence-corrected chi connectivity index (χ4v) is 3.58. The van der Waals surface area contributed by atoms with Crippen LogP contribution in [0.3, 0.4) is 0 Å². The lowest BCUT2D eigenvalue weighted by Crippen LogP contribution is -2.30. The highest BCUT2D eigenvalue weighted by Gasteiger charge is 2.20. The van der Waals surface area contributed by atoms with Crippen LogP contribution in [0.5, 0.6) is 0 Å². The van der Waals surface area contributed by atoms with Crippen LogP contribution in [-0.4, -0.2) is 22.0 Å². The zero-order valence-corrected chi connectivity index (χ0v) is 13.7. The Morgan fingerprint density at radius 2 is 1.92 bits per heavy atom. The van der Waals surface area contributed by atoms with E-state index in [2.05, 4.69) is 17.0 Å². The van der Waals surface area contributed by atoms with Gasteiger partial charge in [0.25, 0.3) is 5.56 Å². The fraction of sp³-hybridized carbons (Fsp3) is 0.200. The van der Waals surface area contributed by atoms with Crippen LogP contribution in [0, 0.1) is 0 Å². The van der Waals surface area contributed by atoms with Gasteiger partial charge in [-0.2, -0.15) is 0 Å². The highest BCUT2D eigenvalue weighted by molar-refractivity contribution is 5.88. The Hall–Kier alpha value is -3.08. The number of benzene rings is 1. The van der Waals surface area contributed by atoms with Crippen molar-refractivity contribution in [1.29, 1.82) is 0 Å². The quantitative estimate of drug-likeness (QED) is 0.800. The van der Waals surface area contributed by atoms with Gasteiger partial charge in [-0.3, -0.25) is 9.20 Å². The van der Waals surface area contributed by atoms with Gasteiger partial charge in [-0.25, -0.2) is 4.79 Å². The van der Waals surface area contributed by atoms with Crippen molar-refractivity contribution < 1.29 is 9.90 Å². The van der Waals surface area contributed by atoms with Crippen LogP contribution < -0.4 is 10.5 Å². The molecule has 0 atom stereocenters. The Labute approximate surface area is 144 Å². The molecule has 0 bridgehead atoms. The number of anilines is 1. The number of carbonyl (C=O) groups is 1. The molecule has 1 aliphatic heterocycles. The molecule has 0 fully saturated rings. The lowest BCUT2D eigenvalue weighted by molar-refractivity contribution is 0.0694. The maximum absolute atomic E-state index is 12.4. The molecule has 5 heteroatoms. The second-order valence-corrected chi connectivity index (χ2v) is 6.30. The average Bonchev–Trinajstić information content (AvgIpc) is 2.64. The van der Waals surface area contributed by atoms with E-state index in [1.165, 1.54) is 21.7 Å². The Morgan fingerprint density at radius 1 is 1.12 bits per heavy atom. The maximum Gasteiger partial charge on any atom is 0.341 e. The predicted octanol–water partition coefficient (Wildman–Crippen LogP) is 2.95. The van der Waals surface area contributed by atoms with Crippen LogP contribution in [0.1, 0.15) is 27.9 Å². The summed E-state index contributed by atoms with van der Waals surface area (Å²) >= 11 is 0. The smallest absolute Gasteiger partial charge is 0.341 e. The number of aromatic carboxylic acids is 1. The molecule has 126 valence electrons. The van der Waals surface area contributed by atoms with Gasteiger partial charge in [0.15, 0.2) is 0 Å². The summed E-state index contributed by atoms with van der Waals surface area (Å²) < 4.78 is 1.43. The van der Waals surface area contributed by atoms with Crippen molar-refractivity contribution in [2.45, 2.75) is 19.4 Å². The third-order valence-corrected chi connectivity index (χ3v) is 4.75. The first-order chi connectivity index (χ1) is 12.1. The first-order valence-electron chi connectivity index (χ1n) is 8.34. The van der Waals surface area contributed by atoms with Gasteiger partial charge in [0, 0.05) is 25.0 Å². The van der Waals surface area contributed by atoms with Crippen molar-refractivity contribution in [2.24, 2.45) is 0 Å².